The number of nitrogens with zero attached hydrogens (tertiary/aromatic N) is 3. The van der Waals surface area contributed by atoms with Crippen molar-refractivity contribution >= 4 is 35.0 Å². The van der Waals surface area contributed by atoms with Gasteiger partial charge in [0.15, 0.2) is 5.16 Å². The number of rotatable bonds is 10. The Balaban J connectivity index is 1.49. The molecular formula is C22H25ClN4O3S. The molecule has 0 atom stereocenters. The molecule has 1 heterocycles. The Morgan fingerprint density at radius 2 is 1.87 bits per heavy atom. The molecule has 3 aromatic rings. The number of hydrogen-bond donors (Lipinski definition) is 1. The van der Waals surface area contributed by atoms with Crippen LogP contribution in [0.1, 0.15) is 17.8 Å². The summed E-state index contributed by atoms with van der Waals surface area (Å²) in [5, 5.41) is 12.6. The molecule has 1 aromatic heterocycles. The Bertz CT molecular complexity index is 1020. The fourth-order valence-corrected chi connectivity index (χ4v) is 3.93. The number of thioether (sulfide) groups is 1. The van der Waals surface area contributed by atoms with E-state index in [1.807, 2.05) is 23.7 Å². The summed E-state index contributed by atoms with van der Waals surface area (Å²) in [6.07, 6.45) is 2.71. The summed E-state index contributed by atoms with van der Waals surface area (Å²) >= 11 is 7.35. The summed E-state index contributed by atoms with van der Waals surface area (Å²) in [5.74, 6) is 2.34. The van der Waals surface area contributed by atoms with Crippen LogP contribution in [-0.2, 0) is 24.7 Å². The van der Waals surface area contributed by atoms with E-state index in [0.717, 1.165) is 30.8 Å². The Kier molecular flexibility index (Phi) is 8.20. The molecule has 9 heteroatoms. The maximum atomic E-state index is 12.4. The normalized spacial score (nSPS) is 10.7. The number of amides is 1. The van der Waals surface area contributed by atoms with Crippen molar-refractivity contribution in [2.75, 3.05) is 25.3 Å². The predicted octanol–water partition coefficient (Wildman–Crippen LogP) is 4.39. The fraction of sp³-hybridized carbons (Fsp3) is 0.318. The third kappa shape index (κ3) is 6.38. The summed E-state index contributed by atoms with van der Waals surface area (Å²) in [6, 6.07) is 13.2. The summed E-state index contributed by atoms with van der Waals surface area (Å²) in [5.41, 5.74) is 1.79. The lowest BCUT2D eigenvalue weighted by atomic mass is 10.1. The van der Waals surface area contributed by atoms with Crippen LogP contribution in [0.3, 0.4) is 0 Å². The number of methoxy groups -OCH3 is 2. The maximum Gasteiger partial charge on any atom is 0.234 e. The Hall–Kier alpha value is -2.71. The average Bonchev–Trinajstić information content (AvgIpc) is 3.12. The number of halogens is 1. The number of hydrogen-bond acceptors (Lipinski definition) is 6. The van der Waals surface area contributed by atoms with Gasteiger partial charge in [-0.2, -0.15) is 0 Å². The average molecular weight is 461 g/mol. The molecule has 1 N–H and O–H groups in total. The van der Waals surface area contributed by atoms with E-state index in [0.29, 0.717) is 21.6 Å². The first kappa shape index (κ1) is 23.0. The van der Waals surface area contributed by atoms with Crippen LogP contribution < -0.4 is 14.8 Å². The quantitative estimate of drug-likeness (QED) is 0.452. The highest BCUT2D eigenvalue weighted by atomic mass is 35.5. The monoisotopic (exact) mass is 460 g/mol. The van der Waals surface area contributed by atoms with Gasteiger partial charge in [-0.15, -0.1) is 10.2 Å². The van der Waals surface area contributed by atoms with Crippen LogP contribution in [0.2, 0.25) is 5.02 Å². The number of ether oxygens (including phenoxy) is 2. The van der Waals surface area contributed by atoms with Crippen molar-refractivity contribution in [1.82, 2.24) is 14.8 Å². The summed E-state index contributed by atoms with van der Waals surface area (Å²) < 4.78 is 12.4. The Morgan fingerprint density at radius 3 is 2.58 bits per heavy atom. The van der Waals surface area contributed by atoms with E-state index < -0.39 is 0 Å². The number of anilines is 1. The van der Waals surface area contributed by atoms with Gasteiger partial charge in [-0.05, 0) is 48.7 Å². The van der Waals surface area contributed by atoms with Gasteiger partial charge in [0, 0.05) is 18.5 Å². The molecule has 0 bridgehead atoms. The van der Waals surface area contributed by atoms with Gasteiger partial charge in [-0.3, -0.25) is 4.79 Å². The predicted molar refractivity (Wildman–Crippen MR) is 123 cm³/mol. The van der Waals surface area contributed by atoms with Gasteiger partial charge < -0.3 is 19.4 Å². The van der Waals surface area contributed by atoms with Gasteiger partial charge in [0.25, 0.3) is 0 Å². The second-order valence-electron chi connectivity index (χ2n) is 6.84. The minimum absolute atomic E-state index is 0.172. The highest BCUT2D eigenvalue weighted by molar-refractivity contribution is 7.99. The highest BCUT2D eigenvalue weighted by Gasteiger charge is 2.13. The molecule has 2 aromatic carbocycles. The SMILES string of the molecule is COc1ccc(CCCc2nnc(SCC(=O)Nc3cc(Cl)ccc3OC)n2C)cc1. The lowest BCUT2D eigenvalue weighted by Crippen LogP contribution is -2.15. The first-order valence-electron chi connectivity index (χ1n) is 9.77. The van der Waals surface area contributed by atoms with Crippen molar-refractivity contribution < 1.29 is 14.3 Å². The van der Waals surface area contributed by atoms with E-state index in [9.17, 15) is 4.79 Å². The zero-order valence-corrected chi connectivity index (χ0v) is 19.3. The van der Waals surface area contributed by atoms with E-state index in [2.05, 4.69) is 27.6 Å². The van der Waals surface area contributed by atoms with Crippen LogP contribution in [-0.4, -0.2) is 40.6 Å². The van der Waals surface area contributed by atoms with Crippen molar-refractivity contribution in [2.45, 2.75) is 24.4 Å². The molecule has 164 valence electrons. The van der Waals surface area contributed by atoms with Crippen molar-refractivity contribution in [2.24, 2.45) is 7.05 Å². The van der Waals surface area contributed by atoms with Crippen molar-refractivity contribution in [3.05, 3.63) is 58.9 Å². The fourth-order valence-electron chi connectivity index (χ4n) is 3.03. The molecule has 0 aliphatic heterocycles. The molecule has 0 unspecified atom stereocenters. The zero-order chi connectivity index (χ0) is 22.2. The summed E-state index contributed by atoms with van der Waals surface area (Å²) in [7, 11) is 5.13. The topological polar surface area (TPSA) is 78.3 Å². The second kappa shape index (κ2) is 11.1. The molecule has 0 radical (unpaired) electrons. The largest absolute Gasteiger partial charge is 0.497 e. The van der Waals surface area contributed by atoms with E-state index in [-0.39, 0.29) is 11.7 Å². The Morgan fingerprint density at radius 1 is 1.10 bits per heavy atom. The van der Waals surface area contributed by atoms with Crippen LogP contribution in [0, 0.1) is 0 Å². The molecule has 0 aliphatic carbocycles. The number of carbonyl (C=O) groups is 1. The molecular weight excluding hydrogens is 436 g/mol. The molecule has 0 saturated carbocycles. The van der Waals surface area contributed by atoms with Gasteiger partial charge in [0.2, 0.25) is 5.91 Å². The van der Waals surface area contributed by atoms with Gasteiger partial charge in [0.05, 0.1) is 25.7 Å². The van der Waals surface area contributed by atoms with E-state index in [1.54, 1.807) is 32.4 Å². The van der Waals surface area contributed by atoms with Crippen molar-refractivity contribution in [1.29, 1.82) is 0 Å². The standard InChI is InChI=1S/C22H25ClN4O3S/c1-27-20(6-4-5-15-7-10-17(29-2)11-8-15)25-26-22(27)31-14-21(28)24-18-13-16(23)9-12-19(18)30-3/h7-13H,4-6,14H2,1-3H3,(H,24,28). The van der Waals surface area contributed by atoms with Crippen LogP contribution in [0.25, 0.3) is 0 Å². The van der Waals surface area contributed by atoms with E-state index >= 15 is 0 Å². The van der Waals surface area contributed by atoms with Crippen LogP contribution in [0.5, 0.6) is 11.5 Å². The first-order chi connectivity index (χ1) is 15.0. The molecule has 0 fully saturated rings. The number of aromatic nitrogens is 3. The van der Waals surface area contributed by atoms with E-state index in [1.165, 1.54) is 17.3 Å². The molecule has 1 amide bonds. The van der Waals surface area contributed by atoms with Gasteiger partial charge in [-0.1, -0.05) is 35.5 Å². The molecule has 0 aliphatic rings. The van der Waals surface area contributed by atoms with Crippen LogP contribution in [0.15, 0.2) is 47.6 Å². The number of carbonyl (C=O) groups excluding carboxylic acids is 1. The second-order valence-corrected chi connectivity index (χ2v) is 8.22. The Labute approximate surface area is 191 Å². The van der Waals surface area contributed by atoms with Gasteiger partial charge in [0.1, 0.15) is 17.3 Å². The van der Waals surface area contributed by atoms with Crippen LogP contribution in [0.4, 0.5) is 5.69 Å². The molecule has 3 rings (SSSR count). The summed E-state index contributed by atoms with van der Waals surface area (Å²) in [4.78, 5) is 12.4. The maximum absolute atomic E-state index is 12.4. The van der Waals surface area contributed by atoms with E-state index in [4.69, 9.17) is 21.1 Å². The molecule has 0 saturated heterocycles. The number of nitrogens with one attached hydrogen (secondary N) is 1. The smallest absolute Gasteiger partial charge is 0.234 e. The third-order valence-electron chi connectivity index (χ3n) is 4.72. The lowest BCUT2D eigenvalue weighted by Gasteiger charge is -2.10. The van der Waals surface area contributed by atoms with Crippen LogP contribution >= 0.6 is 23.4 Å². The first-order valence-corrected chi connectivity index (χ1v) is 11.1. The summed E-state index contributed by atoms with van der Waals surface area (Å²) in [6.45, 7) is 0. The third-order valence-corrected chi connectivity index (χ3v) is 5.97. The van der Waals surface area contributed by atoms with Crippen molar-refractivity contribution in [3.8, 4) is 11.5 Å². The molecule has 7 nitrogen and oxygen atoms in total. The minimum atomic E-state index is -0.172. The van der Waals surface area contributed by atoms with Gasteiger partial charge >= 0.3 is 0 Å². The number of aryl methyl sites for hydroxylation is 2. The number of benzene rings is 2. The minimum Gasteiger partial charge on any atom is -0.497 e. The lowest BCUT2D eigenvalue weighted by molar-refractivity contribution is -0.113. The highest BCUT2D eigenvalue weighted by Crippen LogP contribution is 2.28. The van der Waals surface area contributed by atoms with Crippen molar-refractivity contribution in [3.63, 3.8) is 0 Å². The molecule has 0 spiro atoms. The molecule has 31 heavy (non-hydrogen) atoms. The van der Waals surface area contributed by atoms with Gasteiger partial charge in [-0.25, -0.2) is 0 Å². The zero-order valence-electron chi connectivity index (χ0n) is 17.7.